The van der Waals surface area contributed by atoms with E-state index in [0.29, 0.717) is 48.1 Å². The highest BCUT2D eigenvalue weighted by molar-refractivity contribution is 6.11. The third-order valence-electron chi connectivity index (χ3n) is 5.77. The van der Waals surface area contributed by atoms with Gasteiger partial charge in [-0.15, -0.1) is 0 Å². The van der Waals surface area contributed by atoms with Crippen molar-refractivity contribution in [3.8, 4) is 5.75 Å². The minimum Gasteiger partial charge on any atom is -0.488 e. The summed E-state index contributed by atoms with van der Waals surface area (Å²) < 4.78 is 6.05. The van der Waals surface area contributed by atoms with E-state index in [0.717, 1.165) is 18.6 Å². The van der Waals surface area contributed by atoms with Gasteiger partial charge in [0.25, 0.3) is 0 Å². The third kappa shape index (κ3) is 4.08. The fourth-order valence-electron chi connectivity index (χ4n) is 3.63. The number of nitrogens with zero attached hydrogens (tertiary/aromatic N) is 4. The highest BCUT2D eigenvalue weighted by Crippen LogP contribution is 2.40. The summed E-state index contributed by atoms with van der Waals surface area (Å²) in [5.41, 5.74) is 8.36. The van der Waals surface area contributed by atoms with Crippen molar-refractivity contribution >= 4 is 23.1 Å². The van der Waals surface area contributed by atoms with Crippen molar-refractivity contribution < 1.29 is 14.9 Å². The summed E-state index contributed by atoms with van der Waals surface area (Å²) in [7, 11) is 0. The molecular formula is C22H29N6O2+. The van der Waals surface area contributed by atoms with Crippen LogP contribution in [0.15, 0.2) is 30.6 Å². The Labute approximate surface area is 176 Å². The molecule has 4 N–H and O–H groups in total. The minimum atomic E-state index is -0.0884. The highest BCUT2D eigenvalue weighted by atomic mass is 16.5. The fraction of sp³-hybridized carbons (Fsp3) is 0.455. The van der Waals surface area contributed by atoms with E-state index in [4.69, 9.17) is 15.9 Å². The van der Waals surface area contributed by atoms with Crippen LogP contribution < -0.4 is 20.8 Å². The van der Waals surface area contributed by atoms with Gasteiger partial charge in [-0.3, -0.25) is 10.2 Å². The molecule has 0 bridgehead atoms. The standard InChI is InChI=1S/C22H28N6O2/c1-14(2)28-9-8-27(12-20(28)29)19-11-18(25-13-26-19)21(24)16-10-15(4-5-17(16)23)30-22(3)6-7-22/h4-5,10-11,13-14,24H,6-9,12,23H2,1-3H3/p+1. The molecular weight excluding hydrogens is 380 g/mol. The molecule has 1 aromatic heterocycles. The number of carbonyl (C=O) groups is 1. The summed E-state index contributed by atoms with van der Waals surface area (Å²) in [4.78, 5) is 25.0. The summed E-state index contributed by atoms with van der Waals surface area (Å²) >= 11 is 0. The number of aromatic nitrogens is 2. The molecule has 1 aliphatic heterocycles. The van der Waals surface area contributed by atoms with Crippen LogP contribution in [0.2, 0.25) is 0 Å². The van der Waals surface area contributed by atoms with Crippen molar-refractivity contribution in [3.05, 3.63) is 41.9 Å². The quantitative estimate of drug-likeness (QED) is 0.535. The zero-order chi connectivity index (χ0) is 21.5. The fourth-order valence-corrected chi connectivity index (χ4v) is 3.63. The zero-order valence-electron chi connectivity index (χ0n) is 17.8. The Morgan fingerprint density at radius 2 is 2.00 bits per heavy atom. The van der Waals surface area contributed by atoms with Crippen LogP contribution in [0, 0.1) is 0 Å². The molecule has 158 valence electrons. The number of anilines is 2. The molecule has 1 saturated heterocycles. The topological polar surface area (TPSA) is 110 Å². The maximum atomic E-state index is 12.4. The molecule has 0 unspecified atom stereocenters. The zero-order valence-corrected chi connectivity index (χ0v) is 17.8. The monoisotopic (exact) mass is 409 g/mol. The Morgan fingerprint density at radius 1 is 1.23 bits per heavy atom. The maximum Gasteiger partial charge on any atom is 0.242 e. The second-order valence-corrected chi connectivity index (χ2v) is 8.58. The number of rotatable bonds is 6. The molecule has 8 nitrogen and oxygen atoms in total. The number of nitrogen functional groups attached to an aromatic ring is 1. The molecule has 2 aromatic rings. The van der Waals surface area contributed by atoms with Crippen LogP contribution in [0.1, 0.15) is 44.9 Å². The lowest BCUT2D eigenvalue weighted by molar-refractivity contribution is -0.132. The molecule has 2 heterocycles. The van der Waals surface area contributed by atoms with Gasteiger partial charge in [0.15, 0.2) is 0 Å². The van der Waals surface area contributed by atoms with Gasteiger partial charge in [-0.2, -0.15) is 0 Å². The van der Waals surface area contributed by atoms with Crippen LogP contribution in [0.4, 0.5) is 11.5 Å². The molecule has 30 heavy (non-hydrogen) atoms. The predicted octanol–water partition coefficient (Wildman–Crippen LogP) is 0.644. The summed E-state index contributed by atoms with van der Waals surface area (Å²) in [6, 6.07) is 7.53. The van der Waals surface area contributed by atoms with Gasteiger partial charge in [-0.05, 0) is 51.8 Å². The van der Waals surface area contributed by atoms with Crippen LogP contribution in [-0.4, -0.2) is 57.8 Å². The van der Waals surface area contributed by atoms with E-state index in [1.54, 1.807) is 6.07 Å². The Hall–Kier alpha value is -3.16. The van der Waals surface area contributed by atoms with Crippen molar-refractivity contribution in [1.82, 2.24) is 14.9 Å². The van der Waals surface area contributed by atoms with Gasteiger partial charge in [0.2, 0.25) is 11.6 Å². The van der Waals surface area contributed by atoms with Crippen LogP contribution in [0.5, 0.6) is 5.75 Å². The van der Waals surface area contributed by atoms with Crippen molar-refractivity contribution in [3.63, 3.8) is 0 Å². The second kappa shape index (κ2) is 7.59. The van der Waals surface area contributed by atoms with Gasteiger partial charge < -0.3 is 20.3 Å². The summed E-state index contributed by atoms with van der Waals surface area (Å²) in [5.74, 6) is 1.51. The average Bonchev–Trinajstić information content (AvgIpc) is 3.45. The summed E-state index contributed by atoms with van der Waals surface area (Å²) in [6.45, 7) is 7.81. The number of amides is 1. The van der Waals surface area contributed by atoms with Crippen LogP contribution in [0.25, 0.3) is 0 Å². The Balaban J connectivity index is 1.55. The first-order valence-electron chi connectivity index (χ1n) is 10.3. The van der Waals surface area contributed by atoms with Crippen LogP contribution >= 0.6 is 0 Å². The smallest absolute Gasteiger partial charge is 0.242 e. The average molecular weight is 410 g/mol. The molecule has 0 radical (unpaired) electrons. The largest absolute Gasteiger partial charge is 0.488 e. The van der Waals surface area contributed by atoms with Crippen molar-refractivity contribution in [2.45, 2.75) is 45.3 Å². The molecule has 1 aromatic carbocycles. The molecule has 1 saturated carbocycles. The van der Waals surface area contributed by atoms with Crippen molar-refractivity contribution in [2.24, 2.45) is 0 Å². The number of hydrogen-bond donors (Lipinski definition) is 2. The van der Waals surface area contributed by atoms with E-state index in [1.807, 2.05) is 41.8 Å². The summed E-state index contributed by atoms with van der Waals surface area (Å²) in [6.07, 6.45) is 3.56. The molecule has 0 spiro atoms. The predicted molar refractivity (Wildman–Crippen MR) is 115 cm³/mol. The number of carbonyl (C=O) groups excluding carboxylic acids is 1. The first-order valence-corrected chi connectivity index (χ1v) is 10.3. The lowest BCUT2D eigenvalue weighted by atomic mass is 10.0. The third-order valence-corrected chi connectivity index (χ3v) is 5.77. The van der Waals surface area contributed by atoms with E-state index in [2.05, 4.69) is 16.9 Å². The minimum absolute atomic E-state index is 0.0884. The Kier molecular flexibility index (Phi) is 5.09. The van der Waals surface area contributed by atoms with Gasteiger partial charge in [-0.25, -0.2) is 9.97 Å². The van der Waals surface area contributed by atoms with E-state index < -0.39 is 0 Å². The second-order valence-electron chi connectivity index (χ2n) is 8.58. The molecule has 8 heteroatoms. The van der Waals surface area contributed by atoms with Crippen molar-refractivity contribution in [2.75, 3.05) is 30.3 Å². The van der Waals surface area contributed by atoms with Crippen LogP contribution in [0.3, 0.4) is 0 Å². The van der Waals surface area contributed by atoms with Crippen molar-refractivity contribution in [1.29, 1.82) is 0 Å². The maximum absolute atomic E-state index is 12.4. The van der Waals surface area contributed by atoms with E-state index in [-0.39, 0.29) is 17.6 Å². The Morgan fingerprint density at radius 3 is 2.67 bits per heavy atom. The SMILES string of the molecule is CC(C)N1CCN(c2cc(C(=[NH2+])c3cc(OC4(C)CC4)ccc3N)ncn2)CC1=O. The van der Waals surface area contributed by atoms with Gasteiger partial charge in [-0.1, -0.05) is 0 Å². The molecule has 1 amide bonds. The van der Waals surface area contributed by atoms with Gasteiger partial charge in [0.1, 0.15) is 29.2 Å². The Bertz CT molecular complexity index is 985. The first-order chi connectivity index (χ1) is 14.3. The molecule has 0 atom stereocenters. The molecule has 4 rings (SSSR count). The number of nitrogens with two attached hydrogens (primary N) is 2. The van der Waals surface area contributed by atoms with Crippen LogP contribution in [-0.2, 0) is 4.79 Å². The van der Waals surface area contributed by atoms with E-state index >= 15 is 0 Å². The number of piperazine rings is 1. The van der Waals surface area contributed by atoms with Gasteiger partial charge >= 0.3 is 0 Å². The lowest BCUT2D eigenvalue weighted by Gasteiger charge is -2.37. The highest BCUT2D eigenvalue weighted by Gasteiger charge is 2.40. The normalized spacial score (nSPS) is 17.9. The van der Waals surface area contributed by atoms with E-state index in [9.17, 15) is 4.79 Å². The summed E-state index contributed by atoms with van der Waals surface area (Å²) in [5, 5.41) is 6.45. The lowest BCUT2D eigenvalue weighted by Crippen LogP contribution is -2.53. The number of hydrogen-bond acceptors (Lipinski definition) is 6. The number of ether oxygens (including phenoxy) is 1. The van der Waals surface area contributed by atoms with Gasteiger partial charge in [0.05, 0.1) is 12.1 Å². The number of benzene rings is 1. The first kappa shape index (κ1) is 20.1. The molecule has 2 fully saturated rings. The van der Waals surface area contributed by atoms with Gasteiger partial charge in [0, 0.05) is 30.9 Å². The van der Waals surface area contributed by atoms with E-state index in [1.165, 1.54) is 6.33 Å². The molecule has 1 aliphatic carbocycles. The molecule has 2 aliphatic rings.